The van der Waals surface area contributed by atoms with Gasteiger partial charge in [-0.2, -0.15) is 0 Å². The third-order valence-corrected chi connectivity index (χ3v) is 6.15. The molecular weight excluding hydrogens is 428 g/mol. The lowest BCUT2D eigenvalue weighted by Gasteiger charge is -2.12. The molecule has 1 amide bonds. The van der Waals surface area contributed by atoms with Crippen molar-refractivity contribution < 1.29 is 4.79 Å². The van der Waals surface area contributed by atoms with E-state index in [1.54, 1.807) is 12.1 Å². The van der Waals surface area contributed by atoms with Crippen LogP contribution in [0.2, 0.25) is 5.02 Å². The SMILES string of the molecule is Cc1ccc(-n2c(SCC(=O)Nc3ccccc3Cl)nnc2-c2ccccc2)cc1C. The topological polar surface area (TPSA) is 59.8 Å². The molecular formula is C24H21ClN4OS. The molecule has 0 aliphatic rings. The van der Waals surface area contributed by atoms with E-state index in [2.05, 4.69) is 41.5 Å². The Morgan fingerprint density at radius 2 is 1.71 bits per heavy atom. The maximum absolute atomic E-state index is 12.5. The second kappa shape index (κ2) is 9.37. The molecule has 31 heavy (non-hydrogen) atoms. The molecule has 0 fully saturated rings. The number of halogens is 1. The van der Waals surface area contributed by atoms with Gasteiger partial charge in [-0.05, 0) is 49.2 Å². The number of hydrogen-bond donors (Lipinski definition) is 1. The standard InChI is InChI=1S/C24H21ClN4OS/c1-16-12-13-19(14-17(16)2)29-23(18-8-4-3-5-9-18)27-28-24(29)31-15-22(30)26-21-11-7-6-10-20(21)25/h3-14H,15H2,1-2H3,(H,26,30). The van der Waals surface area contributed by atoms with Crippen LogP contribution in [-0.2, 0) is 4.79 Å². The highest BCUT2D eigenvalue weighted by molar-refractivity contribution is 7.99. The van der Waals surface area contributed by atoms with E-state index in [9.17, 15) is 4.79 Å². The zero-order valence-electron chi connectivity index (χ0n) is 17.2. The number of nitrogens with one attached hydrogen (secondary N) is 1. The van der Waals surface area contributed by atoms with Gasteiger partial charge in [0.25, 0.3) is 0 Å². The Morgan fingerprint density at radius 1 is 0.968 bits per heavy atom. The van der Waals surface area contributed by atoms with Crippen LogP contribution in [-0.4, -0.2) is 26.4 Å². The number of carbonyl (C=O) groups excluding carboxylic acids is 1. The predicted octanol–water partition coefficient (Wildman–Crippen LogP) is 5.94. The number of para-hydroxylation sites is 1. The fraction of sp³-hybridized carbons (Fsp3) is 0.125. The summed E-state index contributed by atoms with van der Waals surface area (Å²) in [5.41, 5.74) is 4.90. The van der Waals surface area contributed by atoms with Crippen molar-refractivity contribution in [2.45, 2.75) is 19.0 Å². The van der Waals surface area contributed by atoms with Gasteiger partial charge in [-0.25, -0.2) is 0 Å². The number of hydrogen-bond acceptors (Lipinski definition) is 4. The summed E-state index contributed by atoms with van der Waals surface area (Å²) < 4.78 is 2.00. The van der Waals surface area contributed by atoms with Gasteiger partial charge in [-0.3, -0.25) is 9.36 Å². The maximum Gasteiger partial charge on any atom is 0.234 e. The summed E-state index contributed by atoms with van der Waals surface area (Å²) in [6.45, 7) is 4.16. The van der Waals surface area contributed by atoms with Crippen molar-refractivity contribution in [3.8, 4) is 17.1 Å². The van der Waals surface area contributed by atoms with Crippen LogP contribution in [0.25, 0.3) is 17.1 Å². The van der Waals surface area contributed by atoms with Crippen LogP contribution < -0.4 is 5.32 Å². The molecule has 3 aromatic carbocycles. The Hall–Kier alpha value is -3.09. The summed E-state index contributed by atoms with van der Waals surface area (Å²) in [7, 11) is 0. The van der Waals surface area contributed by atoms with Gasteiger partial charge in [-0.1, -0.05) is 71.9 Å². The van der Waals surface area contributed by atoms with E-state index in [0.29, 0.717) is 15.9 Å². The van der Waals surface area contributed by atoms with Crippen LogP contribution in [0.1, 0.15) is 11.1 Å². The van der Waals surface area contributed by atoms with Crippen LogP contribution in [0.4, 0.5) is 5.69 Å². The second-order valence-corrected chi connectivity index (χ2v) is 8.44. The minimum Gasteiger partial charge on any atom is -0.324 e. The molecule has 0 aliphatic carbocycles. The van der Waals surface area contributed by atoms with Crippen LogP contribution in [0.15, 0.2) is 78.0 Å². The molecule has 156 valence electrons. The molecule has 0 unspecified atom stereocenters. The molecule has 1 aromatic heterocycles. The highest BCUT2D eigenvalue weighted by Crippen LogP contribution is 2.29. The number of aryl methyl sites for hydroxylation is 2. The first kappa shape index (κ1) is 21.2. The Kier molecular flexibility index (Phi) is 6.39. The van der Waals surface area contributed by atoms with Gasteiger partial charge in [0.05, 0.1) is 22.2 Å². The summed E-state index contributed by atoms with van der Waals surface area (Å²) in [6.07, 6.45) is 0. The fourth-order valence-corrected chi connectivity index (χ4v) is 4.05. The zero-order chi connectivity index (χ0) is 21.8. The smallest absolute Gasteiger partial charge is 0.234 e. The molecule has 0 radical (unpaired) electrons. The Bertz CT molecular complexity index is 1220. The first-order chi connectivity index (χ1) is 15.0. The van der Waals surface area contributed by atoms with Gasteiger partial charge >= 0.3 is 0 Å². The Balaban J connectivity index is 1.63. The molecule has 1 heterocycles. The van der Waals surface area contributed by atoms with E-state index >= 15 is 0 Å². The quantitative estimate of drug-likeness (QED) is 0.371. The Morgan fingerprint density at radius 3 is 2.45 bits per heavy atom. The molecule has 0 spiro atoms. The van der Waals surface area contributed by atoms with Crippen molar-refractivity contribution in [1.82, 2.24) is 14.8 Å². The number of amides is 1. The summed E-state index contributed by atoms with van der Waals surface area (Å²) in [6, 6.07) is 23.3. The average molecular weight is 449 g/mol. The van der Waals surface area contributed by atoms with Crippen LogP contribution in [0, 0.1) is 13.8 Å². The lowest BCUT2D eigenvalue weighted by atomic mass is 10.1. The molecule has 4 aromatic rings. The van der Waals surface area contributed by atoms with E-state index < -0.39 is 0 Å². The van der Waals surface area contributed by atoms with E-state index in [1.807, 2.05) is 53.1 Å². The first-order valence-electron chi connectivity index (χ1n) is 9.78. The summed E-state index contributed by atoms with van der Waals surface area (Å²) in [4.78, 5) is 12.5. The molecule has 7 heteroatoms. The molecule has 0 saturated carbocycles. The van der Waals surface area contributed by atoms with Gasteiger partial charge in [0.2, 0.25) is 5.91 Å². The van der Waals surface area contributed by atoms with Gasteiger partial charge in [-0.15, -0.1) is 10.2 Å². The van der Waals surface area contributed by atoms with Crippen LogP contribution in [0.3, 0.4) is 0 Å². The summed E-state index contributed by atoms with van der Waals surface area (Å²) >= 11 is 7.48. The second-order valence-electron chi connectivity index (χ2n) is 7.09. The number of anilines is 1. The van der Waals surface area contributed by atoms with Crippen LogP contribution in [0.5, 0.6) is 0 Å². The number of aromatic nitrogens is 3. The van der Waals surface area contributed by atoms with Crippen molar-refractivity contribution in [3.63, 3.8) is 0 Å². The van der Waals surface area contributed by atoms with E-state index in [-0.39, 0.29) is 11.7 Å². The Labute approximate surface area is 190 Å². The highest BCUT2D eigenvalue weighted by Gasteiger charge is 2.18. The molecule has 0 bridgehead atoms. The van der Waals surface area contributed by atoms with E-state index in [1.165, 1.54) is 22.9 Å². The number of carbonyl (C=O) groups is 1. The molecule has 5 nitrogen and oxygen atoms in total. The fourth-order valence-electron chi connectivity index (χ4n) is 3.11. The number of nitrogens with zero attached hydrogens (tertiary/aromatic N) is 3. The maximum atomic E-state index is 12.5. The van der Waals surface area contributed by atoms with Crippen molar-refractivity contribution in [1.29, 1.82) is 0 Å². The van der Waals surface area contributed by atoms with E-state index in [0.717, 1.165) is 17.1 Å². The lowest BCUT2D eigenvalue weighted by Crippen LogP contribution is -2.14. The zero-order valence-corrected chi connectivity index (χ0v) is 18.7. The molecule has 0 atom stereocenters. The normalized spacial score (nSPS) is 10.8. The lowest BCUT2D eigenvalue weighted by molar-refractivity contribution is -0.113. The van der Waals surface area contributed by atoms with Gasteiger partial charge in [0.15, 0.2) is 11.0 Å². The molecule has 4 rings (SSSR count). The minimum atomic E-state index is -0.158. The van der Waals surface area contributed by atoms with Crippen molar-refractivity contribution in [2.75, 3.05) is 11.1 Å². The predicted molar refractivity (Wildman–Crippen MR) is 127 cm³/mol. The highest BCUT2D eigenvalue weighted by atomic mass is 35.5. The number of thioether (sulfide) groups is 1. The van der Waals surface area contributed by atoms with Crippen molar-refractivity contribution >= 4 is 35.0 Å². The molecule has 0 aliphatic heterocycles. The third kappa shape index (κ3) is 4.81. The number of rotatable bonds is 6. The molecule has 0 saturated heterocycles. The monoisotopic (exact) mass is 448 g/mol. The van der Waals surface area contributed by atoms with Gasteiger partial charge < -0.3 is 5.32 Å². The first-order valence-corrected chi connectivity index (χ1v) is 11.1. The van der Waals surface area contributed by atoms with E-state index in [4.69, 9.17) is 11.6 Å². The summed E-state index contributed by atoms with van der Waals surface area (Å²) in [5, 5.41) is 12.8. The van der Waals surface area contributed by atoms with Crippen LogP contribution >= 0.6 is 23.4 Å². The van der Waals surface area contributed by atoms with Crippen molar-refractivity contribution in [3.05, 3.63) is 88.9 Å². The third-order valence-electron chi connectivity index (χ3n) is 4.89. The number of benzene rings is 3. The largest absolute Gasteiger partial charge is 0.324 e. The minimum absolute atomic E-state index is 0.158. The van der Waals surface area contributed by atoms with Gasteiger partial charge in [0.1, 0.15) is 0 Å². The van der Waals surface area contributed by atoms with Crippen molar-refractivity contribution in [2.24, 2.45) is 0 Å². The van der Waals surface area contributed by atoms with Gasteiger partial charge in [0, 0.05) is 5.56 Å². The summed E-state index contributed by atoms with van der Waals surface area (Å²) in [5.74, 6) is 0.759. The average Bonchev–Trinajstić information content (AvgIpc) is 3.20. The molecule has 1 N–H and O–H groups in total.